The van der Waals surface area contributed by atoms with E-state index in [2.05, 4.69) is 93.7 Å². The van der Waals surface area contributed by atoms with Gasteiger partial charge in [0.2, 0.25) is 0 Å². The quantitative estimate of drug-likeness (QED) is 0.0199. The largest absolute Gasteiger partial charge is 0.462 e. The van der Waals surface area contributed by atoms with Crippen molar-refractivity contribution < 1.29 is 28.6 Å². The van der Waals surface area contributed by atoms with Crippen LogP contribution in [0.15, 0.2) is 72.9 Å². The van der Waals surface area contributed by atoms with Gasteiger partial charge in [0, 0.05) is 19.3 Å². The normalized spacial score (nSPS) is 12.6. The van der Waals surface area contributed by atoms with Crippen LogP contribution in [0.4, 0.5) is 0 Å². The maximum atomic E-state index is 12.8. The summed E-state index contributed by atoms with van der Waals surface area (Å²) in [5.74, 6) is -0.977. The number of rotatable bonds is 53. The molecule has 1 atom stereocenters. The van der Waals surface area contributed by atoms with Crippen LogP contribution in [0.2, 0.25) is 0 Å². The van der Waals surface area contributed by atoms with Crippen LogP contribution in [0.3, 0.4) is 0 Å². The molecule has 69 heavy (non-hydrogen) atoms. The molecule has 0 aromatic heterocycles. The fraction of sp³-hybridized carbons (Fsp3) is 0.762. The SMILES string of the molecule is CCCCC/C=C\C/C=C\C/C=C\C/C=C\CCCC(=O)OC(COC(=O)CCCCC/C=C\C=C/CCCCCCCCC)COC(=O)CCCCCCCCCCCCCCCCCCCC. The first kappa shape index (κ1) is 65.8. The Hall–Kier alpha value is -3.15. The van der Waals surface area contributed by atoms with Gasteiger partial charge in [-0.1, -0.05) is 261 Å². The molecule has 0 aromatic rings. The predicted molar refractivity (Wildman–Crippen MR) is 298 cm³/mol. The molecule has 0 radical (unpaired) electrons. The summed E-state index contributed by atoms with van der Waals surface area (Å²) in [4.78, 5) is 38.1. The van der Waals surface area contributed by atoms with Gasteiger partial charge in [-0.05, 0) is 83.5 Å². The summed E-state index contributed by atoms with van der Waals surface area (Å²) in [5.41, 5.74) is 0. The van der Waals surface area contributed by atoms with E-state index < -0.39 is 6.10 Å². The average Bonchev–Trinajstić information content (AvgIpc) is 3.35. The number of carbonyl (C=O) groups is 3. The lowest BCUT2D eigenvalue weighted by molar-refractivity contribution is -0.167. The molecule has 1 unspecified atom stereocenters. The summed E-state index contributed by atoms with van der Waals surface area (Å²) in [6.45, 7) is 6.57. The summed E-state index contributed by atoms with van der Waals surface area (Å²) in [6.07, 6.45) is 73.3. The number of unbranched alkanes of at least 4 members (excludes halogenated alkanes) is 31. The van der Waals surface area contributed by atoms with Crippen molar-refractivity contribution in [3.63, 3.8) is 0 Å². The molecule has 0 heterocycles. The first-order chi connectivity index (χ1) is 34.0. The van der Waals surface area contributed by atoms with Gasteiger partial charge in [0.05, 0.1) is 0 Å². The van der Waals surface area contributed by atoms with E-state index in [9.17, 15) is 14.4 Å². The molecule has 0 aliphatic rings. The third kappa shape index (κ3) is 55.6. The van der Waals surface area contributed by atoms with Crippen LogP contribution < -0.4 is 0 Å². The summed E-state index contributed by atoms with van der Waals surface area (Å²) < 4.78 is 16.8. The molecule has 6 nitrogen and oxygen atoms in total. The highest BCUT2D eigenvalue weighted by molar-refractivity contribution is 5.71. The van der Waals surface area contributed by atoms with Crippen LogP contribution in [0.25, 0.3) is 0 Å². The second kappa shape index (κ2) is 57.4. The fourth-order valence-corrected chi connectivity index (χ4v) is 8.25. The van der Waals surface area contributed by atoms with Crippen molar-refractivity contribution in [3.05, 3.63) is 72.9 Å². The highest BCUT2D eigenvalue weighted by atomic mass is 16.6. The van der Waals surface area contributed by atoms with Gasteiger partial charge in [0.1, 0.15) is 13.2 Å². The second-order valence-electron chi connectivity index (χ2n) is 19.6. The predicted octanol–water partition coefficient (Wildman–Crippen LogP) is 19.8. The van der Waals surface area contributed by atoms with E-state index in [1.54, 1.807) is 0 Å². The van der Waals surface area contributed by atoms with Crippen molar-refractivity contribution in [1.29, 1.82) is 0 Å². The molecule has 398 valence electrons. The Morgan fingerprint density at radius 3 is 0.986 bits per heavy atom. The average molecular weight is 964 g/mol. The van der Waals surface area contributed by atoms with Crippen molar-refractivity contribution >= 4 is 17.9 Å². The lowest BCUT2D eigenvalue weighted by atomic mass is 10.0. The summed E-state index contributed by atoms with van der Waals surface area (Å²) >= 11 is 0. The monoisotopic (exact) mass is 963 g/mol. The van der Waals surface area contributed by atoms with Crippen LogP contribution in [-0.2, 0) is 28.6 Å². The van der Waals surface area contributed by atoms with E-state index in [0.29, 0.717) is 19.3 Å². The Morgan fingerprint density at radius 2 is 0.580 bits per heavy atom. The first-order valence-corrected chi connectivity index (χ1v) is 29.5. The summed E-state index contributed by atoms with van der Waals surface area (Å²) in [7, 11) is 0. The van der Waals surface area contributed by atoms with Gasteiger partial charge in [-0.15, -0.1) is 0 Å². The third-order valence-corrected chi connectivity index (χ3v) is 12.7. The number of allylic oxidation sites excluding steroid dienone is 12. The molecule has 0 aliphatic heterocycles. The van der Waals surface area contributed by atoms with Gasteiger partial charge >= 0.3 is 17.9 Å². The summed E-state index contributed by atoms with van der Waals surface area (Å²) in [6, 6.07) is 0. The fourth-order valence-electron chi connectivity index (χ4n) is 8.25. The van der Waals surface area contributed by atoms with Crippen molar-refractivity contribution in [2.75, 3.05) is 13.2 Å². The molecule has 0 saturated carbocycles. The smallest absolute Gasteiger partial charge is 0.306 e. The van der Waals surface area contributed by atoms with Crippen LogP contribution in [-0.4, -0.2) is 37.2 Å². The van der Waals surface area contributed by atoms with Gasteiger partial charge in [0.25, 0.3) is 0 Å². The number of hydrogen-bond acceptors (Lipinski definition) is 6. The minimum Gasteiger partial charge on any atom is -0.462 e. The van der Waals surface area contributed by atoms with Gasteiger partial charge in [-0.25, -0.2) is 0 Å². The van der Waals surface area contributed by atoms with E-state index in [1.165, 1.54) is 167 Å². The molecule has 6 heteroatoms. The third-order valence-electron chi connectivity index (χ3n) is 12.7. The van der Waals surface area contributed by atoms with Gasteiger partial charge in [-0.3, -0.25) is 14.4 Å². The Kier molecular flexibility index (Phi) is 54.8. The van der Waals surface area contributed by atoms with Crippen molar-refractivity contribution in [3.8, 4) is 0 Å². The molecule has 0 amide bonds. The zero-order chi connectivity index (χ0) is 50.0. The van der Waals surface area contributed by atoms with Gasteiger partial charge in [-0.2, -0.15) is 0 Å². The van der Waals surface area contributed by atoms with Crippen LogP contribution in [0, 0.1) is 0 Å². The molecule has 0 bridgehead atoms. The molecule has 0 saturated heterocycles. The van der Waals surface area contributed by atoms with E-state index in [4.69, 9.17) is 14.2 Å². The van der Waals surface area contributed by atoms with Crippen molar-refractivity contribution in [1.82, 2.24) is 0 Å². The highest BCUT2D eigenvalue weighted by Gasteiger charge is 2.19. The molecule has 0 aromatic carbocycles. The first-order valence-electron chi connectivity index (χ1n) is 29.5. The molecular formula is C63H110O6. The minimum absolute atomic E-state index is 0.103. The molecule has 0 aliphatic carbocycles. The zero-order valence-electron chi connectivity index (χ0n) is 45.6. The maximum Gasteiger partial charge on any atom is 0.306 e. The highest BCUT2D eigenvalue weighted by Crippen LogP contribution is 2.16. The van der Waals surface area contributed by atoms with Crippen LogP contribution >= 0.6 is 0 Å². The summed E-state index contributed by atoms with van der Waals surface area (Å²) in [5, 5.41) is 0. The van der Waals surface area contributed by atoms with E-state index >= 15 is 0 Å². The van der Waals surface area contributed by atoms with Crippen molar-refractivity contribution in [2.24, 2.45) is 0 Å². The molecule has 0 rings (SSSR count). The Balaban J connectivity index is 4.48. The number of ether oxygens (including phenoxy) is 3. The molecule has 0 spiro atoms. The van der Waals surface area contributed by atoms with E-state index in [1.807, 2.05) is 0 Å². The second-order valence-corrected chi connectivity index (χ2v) is 19.6. The Morgan fingerprint density at radius 1 is 0.304 bits per heavy atom. The number of hydrogen-bond donors (Lipinski definition) is 0. The number of esters is 3. The molecule has 0 fully saturated rings. The van der Waals surface area contributed by atoms with E-state index in [0.717, 1.165) is 77.0 Å². The zero-order valence-corrected chi connectivity index (χ0v) is 45.6. The Bertz CT molecular complexity index is 1290. The lowest BCUT2D eigenvalue weighted by Gasteiger charge is -2.18. The standard InChI is InChI=1S/C63H110O6/c1-4-7-10-13-16-19-22-25-28-31-33-35-38-41-44-47-50-53-56-62(65)68-59-60(58-67-61(64)55-52-49-46-43-40-37-34-30-27-24-21-18-15-12-9-6-3)69-63(66)57-54-51-48-45-42-39-36-32-29-26-23-20-17-14-11-8-5-2/h17,20,26,29-30,34,36-37,39-40,45,48,60H,4-16,18-19,21-25,27-28,31-33,35,38,41-44,46-47,49-59H2,1-3H3/b20-17-,29-26-,34-30-,39-36-,40-37-,48-45-. The van der Waals surface area contributed by atoms with Crippen molar-refractivity contribution in [2.45, 2.75) is 297 Å². The van der Waals surface area contributed by atoms with Gasteiger partial charge < -0.3 is 14.2 Å². The van der Waals surface area contributed by atoms with E-state index in [-0.39, 0.29) is 37.5 Å². The molecular weight excluding hydrogens is 853 g/mol. The lowest BCUT2D eigenvalue weighted by Crippen LogP contribution is -2.30. The molecule has 0 N–H and O–H groups in total. The minimum atomic E-state index is -0.814. The van der Waals surface area contributed by atoms with Crippen LogP contribution in [0.5, 0.6) is 0 Å². The topological polar surface area (TPSA) is 78.9 Å². The van der Waals surface area contributed by atoms with Crippen LogP contribution in [0.1, 0.15) is 290 Å². The Labute approximate surface area is 427 Å². The maximum absolute atomic E-state index is 12.8. The number of carbonyl (C=O) groups excluding carboxylic acids is 3. The van der Waals surface area contributed by atoms with Gasteiger partial charge in [0.15, 0.2) is 6.10 Å².